The Morgan fingerprint density at radius 3 is 2.89 bits per heavy atom. The number of rotatable bonds is 3. The highest BCUT2D eigenvalue weighted by Gasteiger charge is 2.15. The fourth-order valence-corrected chi connectivity index (χ4v) is 2.04. The molecule has 0 bridgehead atoms. The predicted octanol–water partition coefficient (Wildman–Crippen LogP) is 2.38. The van der Waals surface area contributed by atoms with Crippen LogP contribution in [0.4, 0.5) is 0 Å². The number of aromatic carboxylic acids is 1. The molecule has 5 nitrogen and oxygen atoms in total. The zero-order chi connectivity index (χ0) is 12.5. The van der Waals surface area contributed by atoms with Gasteiger partial charge >= 0.3 is 5.97 Å². The molecule has 1 aromatic carbocycles. The van der Waals surface area contributed by atoms with Gasteiger partial charge in [0.15, 0.2) is 0 Å². The smallest absolute Gasteiger partial charge is 0.352 e. The number of carboxylic acid groups (broad SMARTS) is 1. The van der Waals surface area contributed by atoms with Gasteiger partial charge in [-0.25, -0.2) is 4.79 Å². The minimum Gasteiger partial charge on any atom is -0.477 e. The van der Waals surface area contributed by atoms with E-state index in [-0.39, 0.29) is 5.69 Å². The second kappa shape index (κ2) is 4.03. The van der Waals surface area contributed by atoms with E-state index in [2.05, 4.69) is 5.16 Å². The van der Waals surface area contributed by atoms with Crippen molar-refractivity contribution in [1.29, 1.82) is 0 Å². The molecule has 18 heavy (non-hydrogen) atoms. The third-order valence-electron chi connectivity index (χ3n) is 2.84. The first-order chi connectivity index (χ1) is 8.75. The molecule has 0 aliphatic heterocycles. The average molecular weight is 242 g/mol. The van der Waals surface area contributed by atoms with Crippen molar-refractivity contribution in [3.05, 3.63) is 54.0 Å². The summed E-state index contributed by atoms with van der Waals surface area (Å²) in [5, 5.41) is 13.9. The van der Waals surface area contributed by atoms with Crippen molar-refractivity contribution in [2.24, 2.45) is 0 Å². The highest BCUT2D eigenvalue weighted by molar-refractivity contribution is 5.94. The SMILES string of the molecule is O=C(O)c1cc2ccccc2n1Cc1ccon1. The number of hydrogen-bond acceptors (Lipinski definition) is 3. The fraction of sp³-hybridized carbons (Fsp3) is 0.0769. The summed E-state index contributed by atoms with van der Waals surface area (Å²) >= 11 is 0. The maximum atomic E-state index is 11.3. The van der Waals surface area contributed by atoms with Gasteiger partial charge < -0.3 is 14.2 Å². The van der Waals surface area contributed by atoms with Crippen molar-refractivity contribution >= 4 is 16.9 Å². The molecule has 0 spiro atoms. The molecule has 0 saturated heterocycles. The van der Waals surface area contributed by atoms with Gasteiger partial charge in [-0.05, 0) is 12.1 Å². The second-order valence-corrected chi connectivity index (χ2v) is 3.97. The zero-order valence-corrected chi connectivity index (χ0v) is 9.41. The summed E-state index contributed by atoms with van der Waals surface area (Å²) in [5.41, 5.74) is 1.82. The van der Waals surface area contributed by atoms with Gasteiger partial charge in [-0.3, -0.25) is 0 Å². The lowest BCUT2D eigenvalue weighted by Gasteiger charge is -2.05. The Bertz CT molecular complexity index is 698. The van der Waals surface area contributed by atoms with Crippen LogP contribution in [0.3, 0.4) is 0 Å². The van der Waals surface area contributed by atoms with Crippen LogP contribution in [0, 0.1) is 0 Å². The van der Waals surface area contributed by atoms with Crippen LogP contribution >= 0.6 is 0 Å². The largest absolute Gasteiger partial charge is 0.477 e. The van der Waals surface area contributed by atoms with E-state index in [4.69, 9.17) is 4.52 Å². The van der Waals surface area contributed by atoms with E-state index in [9.17, 15) is 9.90 Å². The third kappa shape index (κ3) is 1.66. The fourth-order valence-electron chi connectivity index (χ4n) is 2.04. The van der Waals surface area contributed by atoms with Gasteiger partial charge in [0.1, 0.15) is 17.7 Å². The minimum absolute atomic E-state index is 0.249. The molecule has 0 radical (unpaired) electrons. The predicted molar refractivity (Wildman–Crippen MR) is 64.5 cm³/mol. The maximum Gasteiger partial charge on any atom is 0.352 e. The van der Waals surface area contributed by atoms with E-state index in [1.54, 1.807) is 16.7 Å². The summed E-state index contributed by atoms with van der Waals surface area (Å²) in [6.07, 6.45) is 1.47. The number of aromatic nitrogens is 2. The Labute approximate surface area is 102 Å². The number of fused-ring (bicyclic) bond motifs is 1. The summed E-state index contributed by atoms with van der Waals surface area (Å²) in [6.45, 7) is 0.381. The summed E-state index contributed by atoms with van der Waals surface area (Å²) in [7, 11) is 0. The lowest BCUT2D eigenvalue weighted by molar-refractivity contribution is 0.0686. The summed E-state index contributed by atoms with van der Waals surface area (Å²) in [4.78, 5) is 11.3. The molecule has 5 heteroatoms. The monoisotopic (exact) mass is 242 g/mol. The van der Waals surface area contributed by atoms with Gasteiger partial charge in [-0.2, -0.15) is 0 Å². The lowest BCUT2D eigenvalue weighted by atomic mass is 10.2. The molecule has 0 amide bonds. The van der Waals surface area contributed by atoms with Gasteiger partial charge in [0.05, 0.1) is 6.54 Å². The number of benzene rings is 1. The van der Waals surface area contributed by atoms with Crippen LogP contribution in [0.2, 0.25) is 0 Å². The first-order valence-electron chi connectivity index (χ1n) is 5.46. The number of carbonyl (C=O) groups is 1. The molecule has 0 saturated carbocycles. The van der Waals surface area contributed by atoms with Gasteiger partial charge in [-0.15, -0.1) is 0 Å². The average Bonchev–Trinajstić information content (AvgIpc) is 2.98. The minimum atomic E-state index is -0.949. The molecule has 3 rings (SSSR count). The molecular formula is C13H10N2O3. The lowest BCUT2D eigenvalue weighted by Crippen LogP contribution is -2.09. The van der Waals surface area contributed by atoms with Gasteiger partial charge in [-0.1, -0.05) is 23.4 Å². The topological polar surface area (TPSA) is 68.3 Å². The van der Waals surface area contributed by atoms with Crippen LogP contribution in [0.25, 0.3) is 10.9 Å². The van der Waals surface area contributed by atoms with E-state index in [1.807, 2.05) is 24.3 Å². The van der Waals surface area contributed by atoms with Crippen LogP contribution in [0.5, 0.6) is 0 Å². The second-order valence-electron chi connectivity index (χ2n) is 3.97. The van der Waals surface area contributed by atoms with E-state index < -0.39 is 5.97 Å². The molecule has 2 aromatic heterocycles. The van der Waals surface area contributed by atoms with Crippen molar-refractivity contribution in [2.45, 2.75) is 6.54 Å². The van der Waals surface area contributed by atoms with E-state index in [0.717, 1.165) is 10.9 Å². The molecule has 0 aliphatic carbocycles. The van der Waals surface area contributed by atoms with Crippen molar-refractivity contribution in [1.82, 2.24) is 9.72 Å². The molecule has 2 heterocycles. The molecule has 0 unspecified atom stereocenters. The molecule has 0 atom stereocenters. The van der Waals surface area contributed by atoms with Crippen LogP contribution in [0.1, 0.15) is 16.2 Å². The highest BCUT2D eigenvalue weighted by Crippen LogP contribution is 2.21. The quantitative estimate of drug-likeness (QED) is 0.765. The van der Waals surface area contributed by atoms with Gasteiger partial charge in [0.2, 0.25) is 0 Å². The number of nitrogens with zero attached hydrogens (tertiary/aromatic N) is 2. The molecule has 1 N–H and O–H groups in total. The molecule has 0 fully saturated rings. The van der Waals surface area contributed by atoms with Crippen LogP contribution in [-0.2, 0) is 6.54 Å². The summed E-state index contributed by atoms with van der Waals surface area (Å²) in [5.74, 6) is -0.949. The molecular weight excluding hydrogens is 232 g/mol. The van der Waals surface area contributed by atoms with Crippen molar-refractivity contribution in [3.63, 3.8) is 0 Å². The first kappa shape index (κ1) is 10.6. The maximum absolute atomic E-state index is 11.3. The number of para-hydroxylation sites is 1. The Kier molecular flexibility index (Phi) is 2.37. The van der Waals surface area contributed by atoms with Crippen LogP contribution < -0.4 is 0 Å². The Hall–Kier alpha value is -2.56. The number of carboxylic acids is 1. The number of hydrogen-bond donors (Lipinski definition) is 1. The Morgan fingerprint density at radius 1 is 1.33 bits per heavy atom. The zero-order valence-electron chi connectivity index (χ0n) is 9.41. The Morgan fingerprint density at radius 2 is 2.17 bits per heavy atom. The van der Waals surface area contributed by atoms with E-state index in [0.29, 0.717) is 12.2 Å². The van der Waals surface area contributed by atoms with Crippen molar-refractivity contribution in [3.8, 4) is 0 Å². The molecule has 3 aromatic rings. The van der Waals surface area contributed by atoms with Crippen LogP contribution in [0.15, 0.2) is 47.2 Å². The van der Waals surface area contributed by atoms with Crippen LogP contribution in [-0.4, -0.2) is 20.8 Å². The Balaban J connectivity index is 2.18. The third-order valence-corrected chi connectivity index (χ3v) is 2.84. The molecule has 0 aliphatic rings. The van der Waals surface area contributed by atoms with E-state index in [1.165, 1.54) is 6.26 Å². The standard InChI is InChI=1S/C13H10N2O3/c16-13(17)12-7-9-3-1-2-4-11(9)15(12)8-10-5-6-18-14-10/h1-7H,8H2,(H,16,17). The normalized spacial score (nSPS) is 10.9. The summed E-state index contributed by atoms with van der Waals surface area (Å²) in [6, 6.07) is 10.9. The van der Waals surface area contributed by atoms with Crippen molar-refractivity contribution < 1.29 is 14.4 Å². The van der Waals surface area contributed by atoms with Crippen molar-refractivity contribution in [2.75, 3.05) is 0 Å². The van der Waals surface area contributed by atoms with Gasteiger partial charge in [0.25, 0.3) is 0 Å². The highest BCUT2D eigenvalue weighted by atomic mass is 16.5. The van der Waals surface area contributed by atoms with E-state index >= 15 is 0 Å². The first-order valence-corrected chi connectivity index (χ1v) is 5.46. The molecule has 90 valence electrons. The van der Waals surface area contributed by atoms with Gasteiger partial charge in [0, 0.05) is 17.0 Å². The summed E-state index contributed by atoms with van der Waals surface area (Å²) < 4.78 is 6.48.